The minimum Gasteiger partial charge on any atom is -0.870 e. The Balaban J connectivity index is 0.00000180. The van der Waals surface area contributed by atoms with Crippen LogP contribution in [0, 0.1) is 6.92 Å². The van der Waals surface area contributed by atoms with Gasteiger partial charge in [0.15, 0.2) is 0 Å². The Kier molecular flexibility index (Phi) is 10.8. The van der Waals surface area contributed by atoms with Gasteiger partial charge in [0.2, 0.25) is 0 Å². The van der Waals surface area contributed by atoms with Gasteiger partial charge in [-0.3, -0.25) is 0 Å². The van der Waals surface area contributed by atoms with Gasteiger partial charge in [-0.05, 0) is 36.2 Å². The summed E-state index contributed by atoms with van der Waals surface area (Å²) in [5, 5.41) is 2.54. The van der Waals surface area contributed by atoms with Crippen molar-refractivity contribution >= 4 is 10.8 Å². The van der Waals surface area contributed by atoms with E-state index < -0.39 is 0 Å². The first-order valence-corrected chi connectivity index (χ1v) is 6.93. The molecular weight excluding hydrogens is 275 g/mol. The molecule has 0 aliphatic rings. The van der Waals surface area contributed by atoms with Gasteiger partial charge in [-0.1, -0.05) is 56.0 Å². The fourth-order valence-electron chi connectivity index (χ4n) is 2.15. The maximum Gasteiger partial charge on any atom is 1.00 e. The number of ether oxygens (including phenoxy) is 1. The van der Waals surface area contributed by atoms with Crippen molar-refractivity contribution in [2.24, 2.45) is 0 Å². The predicted molar refractivity (Wildman–Crippen MR) is 80.3 cm³/mol. The van der Waals surface area contributed by atoms with Gasteiger partial charge >= 0.3 is 51.4 Å². The molecule has 20 heavy (non-hydrogen) atoms. The van der Waals surface area contributed by atoms with Crippen LogP contribution in [-0.4, -0.2) is 12.1 Å². The second-order valence-corrected chi connectivity index (χ2v) is 4.92. The van der Waals surface area contributed by atoms with E-state index in [0.717, 1.165) is 18.8 Å². The van der Waals surface area contributed by atoms with Gasteiger partial charge < -0.3 is 10.2 Å². The summed E-state index contributed by atoms with van der Waals surface area (Å²) in [6.45, 7) is 5.18. The van der Waals surface area contributed by atoms with Crippen molar-refractivity contribution < 1.29 is 61.6 Å². The third-order valence-corrected chi connectivity index (χ3v) is 3.23. The average Bonchev–Trinajstić information content (AvgIpc) is 2.38. The van der Waals surface area contributed by atoms with Gasteiger partial charge in [0, 0.05) is 0 Å². The molecule has 0 saturated carbocycles. The zero-order valence-electron chi connectivity index (χ0n) is 12.9. The number of hydrogen-bond donors (Lipinski definition) is 0. The molecule has 0 radical (unpaired) electrons. The van der Waals surface area contributed by atoms with E-state index in [0.29, 0.717) is 0 Å². The third kappa shape index (κ3) is 6.25. The second-order valence-electron chi connectivity index (χ2n) is 4.92. The first kappa shape index (κ1) is 20.1. The SMILES string of the molecule is CCCCCCOc1ccc2cc(C)ccc2c1.[K+].[OH-]. The summed E-state index contributed by atoms with van der Waals surface area (Å²) in [4.78, 5) is 0. The first-order chi connectivity index (χ1) is 8.79. The van der Waals surface area contributed by atoms with Crippen LogP contribution in [0.4, 0.5) is 0 Å². The third-order valence-electron chi connectivity index (χ3n) is 3.23. The van der Waals surface area contributed by atoms with E-state index >= 15 is 0 Å². The molecule has 0 unspecified atom stereocenters. The molecule has 0 fully saturated rings. The molecule has 2 aromatic rings. The molecule has 0 heterocycles. The minimum atomic E-state index is 0. The van der Waals surface area contributed by atoms with E-state index in [2.05, 4.69) is 50.2 Å². The number of unbranched alkanes of at least 4 members (excludes halogenated alkanes) is 3. The van der Waals surface area contributed by atoms with Gasteiger partial charge in [0.05, 0.1) is 6.61 Å². The summed E-state index contributed by atoms with van der Waals surface area (Å²) in [6.07, 6.45) is 5.00. The van der Waals surface area contributed by atoms with Crippen LogP contribution in [0.15, 0.2) is 36.4 Å². The monoisotopic (exact) mass is 298 g/mol. The van der Waals surface area contributed by atoms with Gasteiger partial charge in [-0.25, -0.2) is 0 Å². The maximum absolute atomic E-state index is 5.79. The van der Waals surface area contributed by atoms with Gasteiger partial charge in [-0.2, -0.15) is 0 Å². The van der Waals surface area contributed by atoms with Crippen LogP contribution < -0.4 is 56.1 Å². The first-order valence-electron chi connectivity index (χ1n) is 6.93. The molecule has 0 bridgehead atoms. The summed E-state index contributed by atoms with van der Waals surface area (Å²) >= 11 is 0. The molecule has 1 N–H and O–H groups in total. The molecule has 0 aliphatic heterocycles. The molecule has 2 rings (SSSR count). The van der Waals surface area contributed by atoms with Crippen LogP contribution in [-0.2, 0) is 0 Å². The Morgan fingerprint density at radius 1 is 0.900 bits per heavy atom. The molecule has 104 valence electrons. The number of hydrogen-bond acceptors (Lipinski definition) is 2. The number of rotatable bonds is 6. The topological polar surface area (TPSA) is 39.2 Å². The molecule has 0 atom stereocenters. The maximum atomic E-state index is 5.79. The molecule has 2 nitrogen and oxygen atoms in total. The van der Waals surface area contributed by atoms with Crippen molar-refractivity contribution in [3.63, 3.8) is 0 Å². The van der Waals surface area contributed by atoms with Crippen molar-refractivity contribution in [2.45, 2.75) is 39.5 Å². The molecule has 3 heteroatoms. The van der Waals surface area contributed by atoms with Crippen molar-refractivity contribution in [1.82, 2.24) is 0 Å². The van der Waals surface area contributed by atoms with E-state index in [1.165, 1.54) is 35.6 Å². The fraction of sp³-hybridized carbons (Fsp3) is 0.412. The summed E-state index contributed by atoms with van der Waals surface area (Å²) < 4.78 is 5.79. The zero-order valence-corrected chi connectivity index (χ0v) is 16.0. The average molecular weight is 298 g/mol. The number of benzene rings is 2. The Hall–Kier alpha value is 0.0964. The Morgan fingerprint density at radius 3 is 2.35 bits per heavy atom. The molecule has 0 aromatic heterocycles. The van der Waals surface area contributed by atoms with Gasteiger partial charge in [-0.15, -0.1) is 0 Å². The normalized spacial score (nSPS) is 9.70. The zero-order chi connectivity index (χ0) is 12.8. The molecule has 0 saturated heterocycles. The minimum absolute atomic E-state index is 0. The second kappa shape index (κ2) is 10.8. The Morgan fingerprint density at radius 2 is 1.60 bits per heavy atom. The molecule has 2 aromatic carbocycles. The van der Waals surface area contributed by atoms with Gasteiger partial charge in [0.25, 0.3) is 0 Å². The quantitative estimate of drug-likeness (QED) is 0.604. The fourth-order valence-corrected chi connectivity index (χ4v) is 2.15. The van der Waals surface area contributed by atoms with E-state index in [1.54, 1.807) is 0 Å². The van der Waals surface area contributed by atoms with E-state index in [4.69, 9.17) is 4.74 Å². The summed E-state index contributed by atoms with van der Waals surface area (Å²) in [5.74, 6) is 0.989. The van der Waals surface area contributed by atoms with Gasteiger partial charge in [0.1, 0.15) is 5.75 Å². The molecular formula is C17H23KO2. The standard InChI is InChI=1S/C17H22O.K.H2O/c1-3-4-5-6-11-18-17-10-9-15-12-14(2)7-8-16(15)13-17;;/h7-10,12-13H,3-6,11H2,1-2H3;;1H2/q;+1;/p-1. The van der Waals surface area contributed by atoms with E-state index in [-0.39, 0.29) is 56.9 Å². The van der Waals surface area contributed by atoms with Crippen LogP contribution >= 0.6 is 0 Å². The Bertz CT molecular complexity index is 511. The Labute approximate surface area is 164 Å². The molecule has 0 aliphatic carbocycles. The summed E-state index contributed by atoms with van der Waals surface area (Å²) in [6, 6.07) is 12.9. The van der Waals surface area contributed by atoms with Crippen LogP contribution in [0.25, 0.3) is 10.8 Å². The number of aryl methyl sites for hydroxylation is 1. The summed E-state index contributed by atoms with van der Waals surface area (Å²) in [7, 11) is 0. The smallest absolute Gasteiger partial charge is 0.870 e. The van der Waals surface area contributed by atoms with E-state index in [9.17, 15) is 0 Å². The van der Waals surface area contributed by atoms with Crippen molar-refractivity contribution in [3.05, 3.63) is 42.0 Å². The van der Waals surface area contributed by atoms with Crippen molar-refractivity contribution in [3.8, 4) is 5.75 Å². The summed E-state index contributed by atoms with van der Waals surface area (Å²) in [5.41, 5.74) is 1.30. The van der Waals surface area contributed by atoms with Crippen LogP contribution in [0.1, 0.15) is 38.2 Å². The van der Waals surface area contributed by atoms with E-state index in [1.807, 2.05) is 0 Å². The van der Waals surface area contributed by atoms with Crippen LogP contribution in [0.2, 0.25) is 0 Å². The van der Waals surface area contributed by atoms with Crippen LogP contribution in [0.5, 0.6) is 5.75 Å². The van der Waals surface area contributed by atoms with Crippen molar-refractivity contribution in [1.29, 1.82) is 0 Å². The van der Waals surface area contributed by atoms with Crippen molar-refractivity contribution in [2.75, 3.05) is 6.61 Å². The molecule has 0 amide bonds. The largest absolute Gasteiger partial charge is 1.00 e. The number of fused-ring (bicyclic) bond motifs is 1. The molecule has 0 spiro atoms. The van der Waals surface area contributed by atoms with Crippen LogP contribution in [0.3, 0.4) is 0 Å². The predicted octanol–water partition coefficient (Wildman–Crippen LogP) is 1.93.